The third-order valence-corrected chi connectivity index (χ3v) is 21.9. The molecule has 3 saturated heterocycles. The fourth-order valence-corrected chi connectivity index (χ4v) is 14.3. The number of carbonyl (C=O) groups excluding carboxylic acids is 14. The van der Waals surface area contributed by atoms with E-state index in [2.05, 4.69) is 36.6 Å². The van der Waals surface area contributed by atoms with Crippen molar-refractivity contribution in [1.29, 1.82) is 0 Å². The van der Waals surface area contributed by atoms with E-state index in [1.54, 1.807) is 0 Å². The van der Waals surface area contributed by atoms with Crippen LogP contribution in [0.4, 0.5) is 22.0 Å². The molecule has 123 heavy (non-hydrogen) atoms. The maximum Gasteiger partial charge on any atom is 0.311 e. The zero-order valence-corrected chi connectivity index (χ0v) is 73.2. The van der Waals surface area contributed by atoms with Gasteiger partial charge in [0.25, 0.3) is 0 Å². The van der Waals surface area contributed by atoms with E-state index in [1.165, 1.54) is 41.5 Å². The molecule has 3 fully saturated rings. The Hall–Kier alpha value is -8.59. The number of benzene rings is 1. The number of amides is 6. The molecular formula is C85H131F5N6O27. The molecule has 0 bridgehead atoms. The van der Waals surface area contributed by atoms with E-state index in [1.807, 2.05) is 41.5 Å². The molecule has 6 N–H and O–H groups in total. The first-order valence-corrected chi connectivity index (χ1v) is 42.9. The first-order valence-electron chi connectivity index (χ1n) is 42.9. The molecule has 698 valence electrons. The van der Waals surface area contributed by atoms with E-state index in [4.69, 9.17) is 56.8 Å². The van der Waals surface area contributed by atoms with E-state index in [0.717, 1.165) is 0 Å². The number of carbonyl (C=O) groups is 14. The van der Waals surface area contributed by atoms with Crippen LogP contribution in [0.15, 0.2) is 0 Å². The Kier molecular flexibility index (Phi) is 49.6. The molecule has 3 aliphatic heterocycles. The molecule has 1 aromatic rings. The van der Waals surface area contributed by atoms with Gasteiger partial charge in [-0.25, -0.2) is 13.2 Å². The number of ketones is 1. The van der Waals surface area contributed by atoms with Crippen LogP contribution in [-0.2, 0) is 124 Å². The summed E-state index contributed by atoms with van der Waals surface area (Å²) in [6.45, 7) is 20.3. The van der Waals surface area contributed by atoms with Gasteiger partial charge in [0.05, 0.1) is 0 Å². The monoisotopic (exact) mass is 1760 g/mol. The van der Waals surface area contributed by atoms with Crippen molar-refractivity contribution in [2.24, 2.45) is 35.5 Å². The minimum atomic E-state index is -2.48. The molecule has 0 spiro atoms. The summed E-state index contributed by atoms with van der Waals surface area (Å²) in [4.78, 5) is 177. The zero-order chi connectivity index (χ0) is 91.3. The number of Topliss-reactive ketones (excluding diaryl/α,β-unsaturated/α-hetero) is 1. The van der Waals surface area contributed by atoms with Crippen molar-refractivity contribution in [1.82, 2.24) is 31.9 Å². The molecule has 0 aliphatic carbocycles. The van der Waals surface area contributed by atoms with Crippen molar-refractivity contribution in [2.75, 3.05) is 72.4 Å². The van der Waals surface area contributed by atoms with Crippen molar-refractivity contribution in [2.45, 2.75) is 311 Å². The fourth-order valence-electron chi connectivity index (χ4n) is 14.3. The van der Waals surface area contributed by atoms with E-state index < -0.39 is 181 Å². The molecule has 15 atom stereocenters. The Morgan fingerprint density at radius 1 is 0.317 bits per heavy atom. The molecule has 6 amide bonds. The average molecular weight is 1760 g/mol. The molecule has 0 saturated carbocycles. The second-order valence-corrected chi connectivity index (χ2v) is 32.0. The van der Waals surface area contributed by atoms with Crippen LogP contribution in [0.3, 0.4) is 0 Å². The molecule has 38 heteroatoms. The van der Waals surface area contributed by atoms with Gasteiger partial charge in [-0.1, -0.05) is 60.8 Å². The molecule has 4 rings (SSSR count). The lowest BCUT2D eigenvalue weighted by atomic mass is 9.82. The van der Waals surface area contributed by atoms with Gasteiger partial charge in [0.15, 0.2) is 18.9 Å². The van der Waals surface area contributed by atoms with Crippen molar-refractivity contribution in [3.05, 3.63) is 29.1 Å². The number of ether oxygens (including phenoxy) is 13. The van der Waals surface area contributed by atoms with E-state index >= 15 is 0 Å². The highest BCUT2D eigenvalue weighted by atomic mass is 19.2. The molecular weight excluding hydrogens is 1630 g/mol. The van der Waals surface area contributed by atoms with E-state index in [-0.39, 0.29) is 163 Å². The summed E-state index contributed by atoms with van der Waals surface area (Å²) < 4.78 is 144. The van der Waals surface area contributed by atoms with E-state index in [9.17, 15) is 89.1 Å². The molecule has 3 heterocycles. The van der Waals surface area contributed by atoms with Gasteiger partial charge in [-0.15, -0.1) is 0 Å². The van der Waals surface area contributed by atoms with Gasteiger partial charge in [0, 0.05) is 193 Å². The number of rotatable bonds is 58. The predicted molar refractivity (Wildman–Crippen MR) is 428 cm³/mol. The number of esters is 7. The molecule has 15 unspecified atom stereocenters. The topological polar surface area (TPSA) is 431 Å². The van der Waals surface area contributed by atoms with Crippen molar-refractivity contribution >= 4 is 83.0 Å². The maximum absolute atomic E-state index is 14.5. The van der Waals surface area contributed by atoms with Crippen LogP contribution in [0.25, 0.3) is 0 Å². The van der Waals surface area contributed by atoms with Crippen LogP contribution in [0.2, 0.25) is 0 Å². The van der Waals surface area contributed by atoms with Gasteiger partial charge in [0.1, 0.15) is 62.2 Å². The normalized spacial score (nSPS) is 22.9. The quantitative estimate of drug-likeness (QED) is 0.00673. The van der Waals surface area contributed by atoms with Crippen molar-refractivity contribution in [3.8, 4) is 5.75 Å². The average Bonchev–Trinajstić information content (AvgIpc) is 0.820. The van der Waals surface area contributed by atoms with Gasteiger partial charge in [-0.05, 0) is 89.9 Å². The maximum atomic E-state index is 14.5. The second-order valence-electron chi connectivity index (χ2n) is 32.0. The smallest absolute Gasteiger partial charge is 0.311 e. The Bertz CT molecular complexity index is 3280. The Labute approximate surface area is 716 Å². The van der Waals surface area contributed by atoms with Crippen molar-refractivity contribution < 1.29 is 151 Å². The van der Waals surface area contributed by atoms with Crippen LogP contribution in [0.1, 0.15) is 250 Å². The summed E-state index contributed by atoms with van der Waals surface area (Å²) >= 11 is 0. The van der Waals surface area contributed by atoms with Crippen molar-refractivity contribution in [3.63, 3.8) is 0 Å². The summed E-state index contributed by atoms with van der Waals surface area (Å²) in [5, 5.41) is 16.9. The highest BCUT2D eigenvalue weighted by molar-refractivity contribution is 5.81. The van der Waals surface area contributed by atoms with Crippen LogP contribution in [-0.4, -0.2) is 216 Å². The molecule has 0 radical (unpaired) electrons. The largest absolute Gasteiger partial charge is 0.463 e. The summed E-state index contributed by atoms with van der Waals surface area (Å²) in [6.07, 6.45) is -1.58. The van der Waals surface area contributed by atoms with Gasteiger partial charge < -0.3 is 93.5 Å². The van der Waals surface area contributed by atoms with Crippen LogP contribution in [0, 0.1) is 64.6 Å². The molecule has 3 aliphatic rings. The Morgan fingerprint density at radius 3 is 0.935 bits per heavy atom. The first kappa shape index (κ1) is 107. The van der Waals surface area contributed by atoms with Gasteiger partial charge in [0.2, 0.25) is 70.3 Å². The summed E-state index contributed by atoms with van der Waals surface area (Å²) in [5.41, 5.74) is -1.53. The minimum Gasteiger partial charge on any atom is -0.463 e. The van der Waals surface area contributed by atoms with Gasteiger partial charge in [-0.2, -0.15) is 8.78 Å². The number of nitrogens with one attached hydrogen (secondary N) is 6. The molecule has 0 aromatic heterocycles. The standard InChI is InChI=1S/C85H131F5N6O27/c1-50-53(4)82(120-63(47-114-56(7)97)78(50)117-59(10)100)111-44-21-13-16-27-62(103)28-19-20-39-91-68(106)33-36-85(96-71(109)31-24-32-72(110)123-81-76(89)74(87)73(86)75(88)77(81)90,37-34-69(107)94-42-25-40-92-66(104)29-17-14-22-45-112-83-54(5)51(2)79(118-60(11)101)64(121-83)48-115-57(8)98)38-35-70(108)95-43-26-41-93-67(105)30-18-15-23-46-113-84-55(6)52(3)80(119-61(12)102)65(122-84)49-116-58(9)99/h50-55,63-65,78-80,82-84H,13-49H2,1-12H3,(H,91,106)(H,92,104)(H,93,105)(H,94,107)(H,95,108)(H,96,109). The zero-order valence-electron chi connectivity index (χ0n) is 73.2. The van der Waals surface area contributed by atoms with E-state index in [0.29, 0.717) is 110 Å². The molecule has 1 aromatic carbocycles. The summed E-state index contributed by atoms with van der Waals surface area (Å²) in [5.74, 6) is -22.2. The van der Waals surface area contributed by atoms with Crippen LogP contribution >= 0.6 is 0 Å². The predicted octanol–water partition coefficient (Wildman–Crippen LogP) is 8.96. The number of hydrogen-bond acceptors (Lipinski definition) is 27. The van der Waals surface area contributed by atoms with Crippen LogP contribution < -0.4 is 36.6 Å². The SMILES string of the molecule is CC(=O)OCC1OC(OCCCCCC(=O)CCCCNC(=O)CCC(CCC(=O)NCCCNC(=O)CCCCCOC2OC(COC(C)=O)C(OC(C)=O)C(C)C2C)(CCC(=O)NCCCNC(=O)CCCCCOC2OC(COC(C)=O)C(OC(C)=O)C(C)C2C)NC(=O)CCCC(=O)Oc2c(F)c(F)c(F)c(F)c2F)C(C)C(C)C1OC(C)=O. The first-order chi connectivity index (χ1) is 58.3. The Morgan fingerprint density at radius 2 is 0.610 bits per heavy atom. The Balaban J connectivity index is 1.36. The lowest BCUT2D eigenvalue weighted by Crippen LogP contribution is -2.53. The second kappa shape index (κ2) is 57.1. The number of halogens is 5. The lowest BCUT2D eigenvalue weighted by Gasteiger charge is -2.43. The van der Waals surface area contributed by atoms with Gasteiger partial charge >= 0.3 is 41.8 Å². The summed E-state index contributed by atoms with van der Waals surface area (Å²) in [7, 11) is 0. The van der Waals surface area contributed by atoms with Crippen LogP contribution in [0.5, 0.6) is 5.75 Å². The third kappa shape index (κ3) is 40.5. The highest BCUT2D eigenvalue weighted by Gasteiger charge is 2.48. The third-order valence-electron chi connectivity index (χ3n) is 21.9. The molecule has 33 nitrogen and oxygen atoms in total. The number of unbranched alkanes of at least 4 members (excludes halogenated alkanes) is 7. The minimum absolute atomic E-state index is 0.0111. The van der Waals surface area contributed by atoms with Gasteiger partial charge in [-0.3, -0.25) is 67.1 Å². The fraction of sp³-hybridized carbons (Fsp3) is 0.765. The summed E-state index contributed by atoms with van der Waals surface area (Å²) in [6, 6.07) is 0. The number of hydrogen-bond donors (Lipinski definition) is 6. The highest BCUT2D eigenvalue weighted by Crippen LogP contribution is 2.38. The lowest BCUT2D eigenvalue weighted by molar-refractivity contribution is -0.273.